The Morgan fingerprint density at radius 2 is 1.83 bits per heavy atom. The van der Waals surface area contributed by atoms with Crippen LogP contribution in [0.25, 0.3) is 0 Å². The third-order valence-electron chi connectivity index (χ3n) is 5.28. The zero-order valence-electron chi connectivity index (χ0n) is 14.6. The van der Waals surface area contributed by atoms with Gasteiger partial charge in [-0.3, -0.25) is 4.79 Å². The van der Waals surface area contributed by atoms with E-state index in [-0.39, 0.29) is 30.4 Å². The third-order valence-corrected chi connectivity index (χ3v) is 5.28. The molecule has 0 spiro atoms. The van der Waals surface area contributed by atoms with Gasteiger partial charge in [0.1, 0.15) is 0 Å². The second-order valence-corrected chi connectivity index (χ2v) is 6.53. The van der Waals surface area contributed by atoms with E-state index in [4.69, 9.17) is 0 Å². The highest BCUT2D eigenvalue weighted by Crippen LogP contribution is 2.27. The summed E-state index contributed by atoms with van der Waals surface area (Å²) in [6.45, 7) is 8.77. The number of benzene rings is 1. The van der Waals surface area contributed by atoms with E-state index in [9.17, 15) is 4.79 Å². The smallest absolute Gasteiger partial charge is 0.242 e. The number of hydrogen-bond acceptors (Lipinski definition) is 3. The molecule has 2 saturated heterocycles. The van der Waals surface area contributed by atoms with E-state index >= 15 is 0 Å². The van der Waals surface area contributed by atoms with Crippen molar-refractivity contribution in [3.05, 3.63) is 29.8 Å². The van der Waals surface area contributed by atoms with Crippen LogP contribution in [0.5, 0.6) is 0 Å². The monoisotopic (exact) mass is 373 g/mol. The van der Waals surface area contributed by atoms with Gasteiger partial charge in [-0.1, -0.05) is 25.1 Å². The number of amides is 1. The third kappa shape index (κ3) is 3.98. The van der Waals surface area contributed by atoms with E-state index in [0.717, 1.165) is 52.0 Å². The molecule has 2 fully saturated rings. The Bertz CT molecular complexity index is 539. The number of aryl methyl sites for hydroxylation is 1. The van der Waals surface area contributed by atoms with E-state index in [1.54, 1.807) is 0 Å². The molecule has 1 atom stereocenters. The second kappa shape index (κ2) is 8.93. The van der Waals surface area contributed by atoms with Crippen molar-refractivity contribution < 1.29 is 4.79 Å². The van der Waals surface area contributed by atoms with Crippen LogP contribution in [-0.4, -0.2) is 49.1 Å². The molecule has 1 aromatic rings. The van der Waals surface area contributed by atoms with Gasteiger partial charge >= 0.3 is 0 Å². The molecule has 1 N–H and O–H groups in total. The topological polar surface area (TPSA) is 35.6 Å². The minimum Gasteiger partial charge on any atom is -0.368 e. The highest BCUT2D eigenvalue weighted by Gasteiger charge is 2.42. The highest BCUT2D eigenvalue weighted by atomic mass is 35.5. The van der Waals surface area contributed by atoms with Crippen LogP contribution in [0.3, 0.4) is 0 Å². The fourth-order valence-corrected chi connectivity index (χ4v) is 3.81. The van der Waals surface area contributed by atoms with Crippen molar-refractivity contribution in [1.82, 2.24) is 10.2 Å². The lowest BCUT2D eigenvalue weighted by Gasteiger charge is -2.40. The summed E-state index contributed by atoms with van der Waals surface area (Å²) in [5.41, 5.74) is 2.33. The molecule has 136 valence electrons. The minimum absolute atomic E-state index is 0. The predicted octanol–water partition coefficient (Wildman–Crippen LogP) is 3.02. The predicted molar refractivity (Wildman–Crippen MR) is 105 cm³/mol. The highest BCUT2D eigenvalue weighted by molar-refractivity contribution is 5.87. The van der Waals surface area contributed by atoms with Gasteiger partial charge in [0.25, 0.3) is 0 Å². The van der Waals surface area contributed by atoms with Crippen LogP contribution < -0.4 is 10.2 Å². The summed E-state index contributed by atoms with van der Waals surface area (Å²) in [4.78, 5) is 17.4. The van der Waals surface area contributed by atoms with Crippen LogP contribution in [0.1, 0.15) is 31.7 Å². The Hall–Kier alpha value is -0.970. The molecule has 2 aliphatic rings. The normalized spacial score (nSPS) is 23.4. The van der Waals surface area contributed by atoms with Crippen molar-refractivity contribution in [2.45, 2.75) is 38.6 Å². The van der Waals surface area contributed by atoms with Gasteiger partial charge in [-0.25, -0.2) is 0 Å². The Morgan fingerprint density at radius 1 is 1.17 bits per heavy atom. The van der Waals surface area contributed by atoms with E-state index in [2.05, 4.69) is 53.2 Å². The quantitative estimate of drug-likeness (QED) is 0.884. The molecule has 2 heterocycles. The summed E-state index contributed by atoms with van der Waals surface area (Å²) >= 11 is 0. The summed E-state index contributed by atoms with van der Waals surface area (Å²) in [6.07, 6.45) is 2.99. The molecule has 0 aromatic heterocycles. The Kier molecular flexibility index (Phi) is 7.84. The van der Waals surface area contributed by atoms with Crippen LogP contribution in [0.15, 0.2) is 24.3 Å². The van der Waals surface area contributed by atoms with Gasteiger partial charge in [0.05, 0.1) is 5.54 Å². The van der Waals surface area contributed by atoms with Crippen LogP contribution in [0.4, 0.5) is 5.69 Å². The van der Waals surface area contributed by atoms with Crippen LogP contribution >= 0.6 is 24.8 Å². The summed E-state index contributed by atoms with van der Waals surface area (Å²) in [5, 5.41) is 3.46. The molecule has 6 heteroatoms. The lowest BCUT2D eigenvalue weighted by atomic mass is 9.92. The largest absolute Gasteiger partial charge is 0.368 e. The van der Waals surface area contributed by atoms with Crippen LogP contribution in [0, 0.1) is 6.92 Å². The van der Waals surface area contributed by atoms with Crippen molar-refractivity contribution >= 4 is 36.4 Å². The standard InChI is InChI=1S/C18H27N3O.2ClH/c1-3-18(9-6-10-19-18)17(22)21-13-11-20(12-14-21)16-8-5-4-7-15(16)2;;/h4-5,7-8,19H,3,6,9-14H2,1-2H3;2*1H. The van der Waals surface area contributed by atoms with E-state index in [1.165, 1.54) is 11.3 Å². The average Bonchev–Trinajstić information content (AvgIpc) is 3.05. The fourth-order valence-electron chi connectivity index (χ4n) is 3.81. The van der Waals surface area contributed by atoms with Gasteiger partial charge < -0.3 is 15.1 Å². The van der Waals surface area contributed by atoms with Crippen molar-refractivity contribution in [3.63, 3.8) is 0 Å². The van der Waals surface area contributed by atoms with Crippen LogP contribution in [-0.2, 0) is 4.79 Å². The first-order valence-electron chi connectivity index (χ1n) is 8.51. The lowest BCUT2D eigenvalue weighted by Crippen LogP contribution is -2.59. The maximum Gasteiger partial charge on any atom is 0.242 e. The molecule has 0 aliphatic carbocycles. The molecule has 1 unspecified atom stereocenters. The molecule has 3 rings (SSSR count). The van der Waals surface area contributed by atoms with Gasteiger partial charge in [0.15, 0.2) is 0 Å². The average molecular weight is 374 g/mol. The zero-order valence-corrected chi connectivity index (χ0v) is 16.2. The van der Waals surface area contributed by atoms with E-state index in [1.807, 2.05) is 0 Å². The van der Waals surface area contributed by atoms with Crippen molar-refractivity contribution in [1.29, 1.82) is 0 Å². The lowest BCUT2D eigenvalue weighted by molar-refractivity contribution is -0.138. The summed E-state index contributed by atoms with van der Waals surface area (Å²) in [6, 6.07) is 8.50. The van der Waals surface area contributed by atoms with Gasteiger partial charge in [-0.05, 0) is 44.4 Å². The number of halogens is 2. The number of carbonyl (C=O) groups excluding carboxylic acids is 1. The number of piperazine rings is 1. The minimum atomic E-state index is -0.287. The first-order valence-corrected chi connectivity index (χ1v) is 8.51. The van der Waals surface area contributed by atoms with Crippen molar-refractivity contribution in [2.75, 3.05) is 37.6 Å². The number of para-hydroxylation sites is 1. The van der Waals surface area contributed by atoms with E-state index in [0.29, 0.717) is 5.91 Å². The van der Waals surface area contributed by atoms with Crippen molar-refractivity contribution in [3.8, 4) is 0 Å². The molecule has 1 amide bonds. The van der Waals surface area contributed by atoms with Crippen molar-refractivity contribution in [2.24, 2.45) is 0 Å². The first-order chi connectivity index (χ1) is 10.7. The number of hydrogen-bond donors (Lipinski definition) is 1. The fraction of sp³-hybridized carbons (Fsp3) is 0.611. The Labute approximate surface area is 157 Å². The number of anilines is 1. The first kappa shape index (κ1) is 21.1. The summed E-state index contributed by atoms with van der Waals surface area (Å²) in [5.74, 6) is 0.317. The molecule has 0 bridgehead atoms. The van der Waals surface area contributed by atoms with E-state index < -0.39 is 0 Å². The molecule has 4 nitrogen and oxygen atoms in total. The summed E-state index contributed by atoms with van der Waals surface area (Å²) < 4.78 is 0. The van der Waals surface area contributed by atoms with Gasteiger partial charge in [0, 0.05) is 31.9 Å². The zero-order chi connectivity index (χ0) is 15.6. The summed E-state index contributed by atoms with van der Waals surface area (Å²) in [7, 11) is 0. The Morgan fingerprint density at radius 3 is 2.38 bits per heavy atom. The van der Waals surface area contributed by atoms with Gasteiger partial charge in [0.2, 0.25) is 5.91 Å². The SMILES string of the molecule is CCC1(C(=O)N2CCN(c3ccccc3C)CC2)CCCN1.Cl.Cl. The van der Waals surface area contributed by atoms with Crippen LogP contribution in [0.2, 0.25) is 0 Å². The second-order valence-electron chi connectivity index (χ2n) is 6.53. The number of carbonyl (C=O) groups is 1. The molecule has 0 radical (unpaired) electrons. The van der Waals surface area contributed by atoms with Gasteiger partial charge in [-0.2, -0.15) is 0 Å². The maximum absolute atomic E-state index is 12.9. The van der Waals surface area contributed by atoms with Gasteiger partial charge in [-0.15, -0.1) is 24.8 Å². The molecule has 1 aromatic carbocycles. The molecule has 24 heavy (non-hydrogen) atoms. The molecular weight excluding hydrogens is 345 g/mol. The molecule has 0 saturated carbocycles. The Balaban J connectivity index is 0.00000144. The maximum atomic E-state index is 12.9. The number of nitrogens with zero attached hydrogens (tertiary/aromatic N) is 2. The number of nitrogens with one attached hydrogen (secondary N) is 1. The number of rotatable bonds is 3. The molecular formula is C18H29Cl2N3O. The molecule has 2 aliphatic heterocycles.